The van der Waals surface area contributed by atoms with E-state index in [0.717, 1.165) is 18.8 Å². The lowest BCUT2D eigenvalue weighted by atomic mass is 10.1. The first kappa shape index (κ1) is 10.8. The highest BCUT2D eigenvalue weighted by atomic mass is 32.2. The number of aryl methyl sites for hydroxylation is 2. The summed E-state index contributed by atoms with van der Waals surface area (Å²) in [5, 5.41) is 3.99. The van der Waals surface area contributed by atoms with Crippen LogP contribution in [0.1, 0.15) is 11.1 Å². The molecule has 0 bridgehead atoms. The minimum atomic E-state index is 0.709. The van der Waals surface area contributed by atoms with Crippen LogP contribution in [0, 0.1) is 13.8 Å². The zero-order chi connectivity index (χ0) is 10.8. The first-order valence-electron chi connectivity index (χ1n) is 5.23. The molecule has 1 aromatic rings. The third-order valence-corrected chi connectivity index (χ3v) is 4.06. The minimum Gasteiger partial charge on any atom is -0.496 e. The number of thioether (sulfide) groups is 1. The zero-order valence-corrected chi connectivity index (χ0v) is 10.3. The van der Waals surface area contributed by atoms with Crippen molar-refractivity contribution in [3.63, 3.8) is 0 Å². The SMILES string of the molecule is COc1cc(C)c(C)cc1SC1CNC1. The molecule has 0 spiro atoms. The van der Waals surface area contributed by atoms with Crippen LogP contribution in [0.2, 0.25) is 0 Å². The molecule has 0 aliphatic carbocycles. The van der Waals surface area contributed by atoms with Gasteiger partial charge in [0.25, 0.3) is 0 Å². The van der Waals surface area contributed by atoms with Crippen LogP contribution in [-0.4, -0.2) is 25.4 Å². The minimum absolute atomic E-state index is 0.709. The predicted octanol–water partition coefficient (Wildman–Crippen LogP) is 2.38. The van der Waals surface area contributed by atoms with Gasteiger partial charge in [-0.3, -0.25) is 0 Å². The van der Waals surface area contributed by atoms with E-state index in [1.54, 1.807) is 7.11 Å². The molecule has 1 N–H and O–H groups in total. The maximum Gasteiger partial charge on any atom is 0.132 e. The molecule has 2 nitrogen and oxygen atoms in total. The van der Waals surface area contributed by atoms with Crippen molar-refractivity contribution >= 4 is 11.8 Å². The molecular weight excluding hydrogens is 206 g/mol. The molecule has 0 unspecified atom stereocenters. The normalized spacial score (nSPS) is 16.2. The molecule has 0 atom stereocenters. The summed E-state index contributed by atoms with van der Waals surface area (Å²) < 4.78 is 5.41. The number of benzene rings is 1. The molecule has 1 heterocycles. The quantitative estimate of drug-likeness (QED) is 0.850. The molecule has 0 saturated carbocycles. The molecule has 15 heavy (non-hydrogen) atoms. The number of rotatable bonds is 3. The highest BCUT2D eigenvalue weighted by Crippen LogP contribution is 2.35. The first-order valence-corrected chi connectivity index (χ1v) is 6.11. The molecule has 0 aromatic heterocycles. The van der Waals surface area contributed by atoms with Crippen LogP contribution >= 0.6 is 11.8 Å². The Kier molecular flexibility index (Phi) is 3.22. The van der Waals surface area contributed by atoms with E-state index >= 15 is 0 Å². The van der Waals surface area contributed by atoms with Crippen LogP contribution < -0.4 is 10.1 Å². The van der Waals surface area contributed by atoms with Gasteiger partial charge in [0.15, 0.2) is 0 Å². The van der Waals surface area contributed by atoms with Gasteiger partial charge in [-0.1, -0.05) is 0 Å². The fourth-order valence-corrected chi connectivity index (χ4v) is 2.80. The third-order valence-electron chi connectivity index (χ3n) is 2.82. The van der Waals surface area contributed by atoms with Gasteiger partial charge in [0.2, 0.25) is 0 Å². The van der Waals surface area contributed by atoms with Crippen LogP contribution in [-0.2, 0) is 0 Å². The monoisotopic (exact) mass is 223 g/mol. The topological polar surface area (TPSA) is 21.3 Å². The van der Waals surface area contributed by atoms with Crippen molar-refractivity contribution in [1.82, 2.24) is 5.32 Å². The van der Waals surface area contributed by atoms with Crippen molar-refractivity contribution in [3.05, 3.63) is 23.3 Å². The van der Waals surface area contributed by atoms with Crippen molar-refractivity contribution in [2.45, 2.75) is 24.0 Å². The van der Waals surface area contributed by atoms with Crippen LogP contribution in [0.3, 0.4) is 0 Å². The van der Waals surface area contributed by atoms with E-state index in [-0.39, 0.29) is 0 Å². The Morgan fingerprint density at radius 1 is 1.27 bits per heavy atom. The van der Waals surface area contributed by atoms with Crippen LogP contribution in [0.4, 0.5) is 0 Å². The van der Waals surface area contributed by atoms with Gasteiger partial charge in [0, 0.05) is 23.2 Å². The molecular formula is C12H17NOS. The van der Waals surface area contributed by atoms with Crippen LogP contribution in [0.15, 0.2) is 17.0 Å². The second-order valence-corrected chi connectivity index (χ2v) is 5.33. The summed E-state index contributed by atoms with van der Waals surface area (Å²) in [4.78, 5) is 1.27. The van der Waals surface area contributed by atoms with Gasteiger partial charge in [-0.2, -0.15) is 0 Å². The average molecular weight is 223 g/mol. The summed E-state index contributed by atoms with van der Waals surface area (Å²) in [5.41, 5.74) is 2.63. The van der Waals surface area contributed by atoms with Crippen LogP contribution in [0.25, 0.3) is 0 Å². The predicted molar refractivity (Wildman–Crippen MR) is 65.0 cm³/mol. The number of nitrogens with one attached hydrogen (secondary N) is 1. The second kappa shape index (κ2) is 4.45. The average Bonchev–Trinajstić information content (AvgIpc) is 2.16. The summed E-state index contributed by atoms with van der Waals surface area (Å²) in [6.07, 6.45) is 0. The van der Waals surface area contributed by atoms with Gasteiger partial charge in [-0.05, 0) is 37.1 Å². The fraction of sp³-hybridized carbons (Fsp3) is 0.500. The molecule has 2 rings (SSSR count). The summed E-state index contributed by atoms with van der Waals surface area (Å²) >= 11 is 1.92. The van der Waals surface area contributed by atoms with E-state index in [9.17, 15) is 0 Å². The summed E-state index contributed by atoms with van der Waals surface area (Å²) in [7, 11) is 1.74. The summed E-state index contributed by atoms with van der Waals surface area (Å²) in [6.45, 7) is 6.50. The Balaban J connectivity index is 2.23. The molecule has 82 valence electrons. The van der Waals surface area contributed by atoms with Crippen LogP contribution in [0.5, 0.6) is 5.75 Å². The van der Waals surface area contributed by atoms with Crippen molar-refractivity contribution in [2.75, 3.05) is 20.2 Å². The van der Waals surface area contributed by atoms with Crippen molar-refractivity contribution in [3.8, 4) is 5.75 Å². The zero-order valence-electron chi connectivity index (χ0n) is 9.46. The molecule has 0 amide bonds. The Morgan fingerprint density at radius 2 is 1.93 bits per heavy atom. The van der Waals surface area contributed by atoms with Gasteiger partial charge in [0.05, 0.1) is 7.11 Å². The van der Waals surface area contributed by atoms with Crippen molar-refractivity contribution in [1.29, 1.82) is 0 Å². The second-order valence-electron chi connectivity index (χ2n) is 3.99. The maximum absolute atomic E-state index is 5.41. The third kappa shape index (κ3) is 2.29. The largest absolute Gasteiger partial charge is 0.496 e. The van der Waals surface area contributed by atoms with Gasteiger partial charge in [0.1, 0.15) is 5.75 Å². The Bertz CT molecular complexity index is 361. The van der Waals surface area contributed by atoms with Gasteiger partial charge >= 0.3 is 0 Å². The molecule has 1 aliphatic rings. The Morgan fingerprint density at radius 3 is 2.47 bits per heavy atom. The van der Waals surface area contributed by atoms with Crippen molar-refractivity contribution < 1.29 is 4.74 Å². The first-order chi connectivity index (χ1) is 7.20. The van der Waals surface area contributed by atoms with E-state index in [2.05, 4.69) is 31.3 Å². The number of ether oxygens (including phenoxy) is 1. The molecule has 1 aliphatic heterocycles. The van der Waals surface area contributed by atoms with Gasteiger partial charge in [-0.15, -0.1) is 11.8 Å². The summed E-state index contributed by atoms with van der Waals surface area (Å²) in [6, 6.07) is 4.36. The molecule has 1 fully saturated rings. The summed E-state index contributed by atoms with van der Waals surface area (Å²) in [5.74, 6) is 1.01. The highest BCUT2D eigenvalue weighted by molar-refractivity contribution is 8.00. The van der Waals surface area contributed by atoms with E-state index in [4.69, 9.17) is 4.74 Å². The molecule has 1 aromatic carbocycles. The van der Waals surface area contributed by atoms with E-state index in [0.29, 0.717) is 5.25 Å². The lowest BCUT2D eigenvalue weighted by Gasteiger charge is -2.27. The smallest absolute Gasteiger partial charge is 0.132 e. The molecule has 1 saturated heterocycles. The number of hydrogen-bond donors (Lipinski definition) is 1. The molecule has 0 radical (unpaired) electrons. The number of methoxy groups -OCH3 is 1. The lowest BCUT2D eigenvalue weighted by molar-refractivity contribution is 0.404. The highest BCUT2D eigenvalue weighted by Gasteiger charge is 2.19. The number of hydrogen-bond acceptors (Lipinski definition) is 3. The van der Waals surface area contributed by atoms with E-state index in [1.165, 1.54) is 16.0 Å². The Hall–Kier alpha value is -0.670. The van der Waals surface area contributed by atoms with Crippen molar-refractivity contribution in [2.24, 2.45) is 0 Å². The van der Waals surface area contributed by atoms with E-state index < -0.39 is 0 Å². The molecule has 3 heteroatoms. The van der Waals surface area contributed by atoms with E-state index in [1.807, 2.05) is 11.8 Å². The van der Waals surface area contributed by atoms with Gasteiger partial charge in [-0.25, -0.2) is 0 Å². The fourth-order valence-electron chi connectivity index (χ4n) is 1.54. The lowest BCUT2D eigenvalue weighted by Crippen LogP contribution is -2.44. The maximum atomic E-state index is 5.41. The standard InChI is InChI=1S/C12H17NOS/c1-8-4-11(14-3)12(5-9(8)2)15-10-6-13-7-10/h4-5,10,13H,6-7H2,1-3H3. The Labute approximate surface area is 95.4 Å². The van der Waals surface area contributed by atoms with Gasteiger partial charge < -0.3 is 10.1 Å².